The third-order valence-corrected chi connectivity index (χ3v) is 7.84. The van der Waals surface area contributed by atoms with E-state index in [4.69, 9.17) is 0 Å². The van der Waals surface area contributed by atoms with Gasteiger partial charge in [-0.2, -0.15) is 0 Å². The molecule has 3 aromatic rings. The Hall–Kier alpha value is -3.01. The number of fused-ring (bicyclic) bond motifs is 2. The summed E-state index contributed by atoms with van der Waals surface area (Å²) in [5.41, 5.74) is 1.06. The molecule has 0 bridgehead atoms. The number of amides is 2. The van der Waals surface area contributed by atoms with Gasteiger partial charge in [-0.3, -0.25) is 14.6 Å². The average molecular weight is 492 g/mol. The number of carbonyl (C=O) groups is 2. The molecule has 2 aromatic heterocycles. The van der Waals surface area contributed by atoms with Gasteiger partial charge >= 0.3 is 0 Å². The van der Waals surface area contributed by atoms with E-state index in [1.807, 2.05) is 43.3 Å². The van der Waals surface area contributed by atoms with Crippen molar-refractivity contribution in [3.63, 3.8) is 0 Å². The van der Waals surface area contributed by atoms with E-state index in [1.54, 1.807) is 6.20 Å². The van der Waals surface area contributed by atoms with Crippen molar-refractivity contribution in [2.24, 2.45) is 0 Å². The van der Waals surface area contributed by atoms with Gasteiger partial charge in [0, 0.05) is 29.9 Å². The second-order valence-corrected chi connectivity index (χ2v) is 10.2. The fraction of sp³-hybridized carbons (Fsp3) is 0.385. The highest BCUT2D eigenvalue weighted by atomic mass is 32.2. The highest BCUT2D eigenvalue weighted by molar-refractivity contribution is 8.00. The molecule has 0 radical (unpaired) electrons. The molecule has 9 heteroatoms. The zero-order valence-electron chi connectivity index (χ0n) is 19.6. The summed E-state index contributed by atoms with van der Waals surface area (Å²) < 4.78 is 0. The summed E-state index contributed by atoms with van der Waals surface area (Å²) in [5, 5.41) is 22.4. The van der Waals surface area contributed by atoms with Crippen LogP contribution in [-0.2, 0) is 22.6 Å². The van der Waals surface area contributed by atoms with Crippen LogP contribution in [-0.4, -0.2) is 44.3 Å². The Balaban J connectivity index is 1.19. The zero-order valence-corrected chi connectivity index (χ0v) is 20.5. The SMILES string of the molecule is CCc1nccc2cccc(NC(=O)[C@]3(O)CC[C@@H](NCc4ccc5c(n4)NC(=O)CS5)CC3)c12. The van der Waals surface area contributed by atoms with Crippen molar-refractivity contribution in [2.45, 2.75) is 62.1 Å². The number of rotatable bonds is 6. The lowest BCUT2D eigenvalue weighted by Crippen LogP contribution is -2.48. The van der Waals surface area contributed by atoms with Gasteiger partial charge in [-0.05, 0) is 61.8 Å². The number of carbonyl (C=O) groups excluding carboxylic acids is 2. The third-order valence-electron chi connectivity index (χ3n) is 6.79. The van der Waals surface area contributed by atoms with Crippen molar-refractivity contribution in [1.82, 2.24) is 15.3 Å². The summed E-state index contributed by atoms with van der Waals surface area (Å²) in [6.45, 7) is 2.60. The van der Waals surface area contributed by atoms with Gasteiger partial charge in [0.2, 0.25) is 5.91 Å². The van der Waals surface area contributed by atoms with Gasteiger partial charge in [-0.15, -0.1) is 11.8 Å². The molecule has 5 rings (SSSR count). The summed E-state index contributed by atoms with van der Waals surface area (Å²) in [5.74, 6) is 0.645. The number of benzene rings is 1. The molecule has 8 nitrogen and oxygen atoms in total. The van der Waals surface area contributed by atoms with E-state index in [0.717, 1.165) is 33.5 Å². The van der Waals surface area contributed by atoms with Crippen molar-refractivity contribution in [2.75, 3.05) is 16.4 Å². The average Bonchev–Trinajstić information content (AvgIpc) is 2.87. The smallest absolute Gasteiger partial charge is 0.256 e. The monoisotopic (exact) mass is 491 g/mol. The molecule has 1 fully saturated rings. The molecule has 1 aliphatic heterocycles. The number of aromatic nitrogens is 2. The van der Waals surface area contributed by atoms with Crippen LogP contribution in [0.25, 0.3) is 10.8 Å². The first-order valence-electron chi connectivity index (χ1n) is 12.0. The minimum absolute atomic E-state index is 0.0318. The van der Waals surface area contributed by atoms with Gasteiger partial charge in [0.15, 0.2) is 0 Å². The van der Waals surface area contributed by atoms with E-state index in [-0.39, 0.29) is 17.9 Å². The summed E-state index contributed by atoms with van der Waals surface area (Å²) >= 11 is 1.49. The molecule has 35 heavy (non-hydrogen) atoms. The molecule has 0 unspecified atom stereocenters. The quantitative estimate of drug-likeness (QED) is 0.416. The van der Waals surface area contributed by atoms with Crippen LogP contribution in [0.5, 0.6) is 0 Å². The summed E-state index contributed by atoms with van der Waals surface area (Å²) in [6, 6.07) is 11.8. The lowest BCUT2D eigenvalue weighted by atomic mass is 9.81. The summed E-state index contributed by atoms with van der Waals surface area (Å²) in [7, 11) is 0. The topological polar surface area (TPSA) is 116 Å². The molecule has 1 aliphatic carbocycles. The molecule has 0 saturated heterocycles. The first-order chi connectivity index (χ1) is 16.9. The highest BCUT2D eigenvalue weighted by Gasteiger charge is 2.40. The van der Waals surface area contributed by atoms with E-state index in [2.05, 4.69) is 25.9 Å². The van der Waals surface area contributed by atoms with Gasteiger partial charge < -0.3 is 21.1 Å². The number of nitrogens with one attached hydrogen (secondary N) is 3. The molecule has 1 saturated carbocycles. The van der Waals surface area contributed by atoms with Crippen molar-refractivity contribution >= 4 is 45.9 Å². The number of hydrogen-bond donors (Lipinski definition) is 4. The molecule has 182 valence electrons. The van der Waals surface area contributed by atoms with E-state index in [0.29, 0.717) is 49.5 Å². The first kappa shape index (κ1) is 23.7. The minimum atomic E-state index is -1.40. The third kappa shape index (κ3) is 5.03. The molecular formula is C26H29N5O3S. The largest absolute Gasteiger partial charge is 0.380 e. The highest BCUT2D eigenvalue weighted by Crippen LogP contribution is 2.33. The maximum atomic E-state index is 13.1. The Kier molecular flexibility index (Phi) is 6.73. The van der Waals surface area contributed by atoms with Crippen LogP contribution in [0.2, 0.25) is 0 Å². The molecular weight excluding hydrogens is 462 g/mol. The normalized spacial score (nSPS) is 21.9. The van der Waals surface area contributed by atoms with Crippen LogP contribution < -0.4 is 16.0 Å². The standard InChI is InChI=1S/C26H29N5O3S/c1-2-19-23-16(10-13-27-19)4-3-5-20(23)30-25(33)26(34)11-8-17(9-12-26)28-14-18-6-7-21-24(29-18)31-22(32)15-35-21/h3-7,10,13,17,28,34H,2,8-9,11-12,14-15H2,1H3,(H,30,33)(H,29,31,32)/t17-,26+. The summed E-state index contributed by atoms with van der Waals surface area (Å²) in [6.07, 6.45) is 4.65. The van der Waals surface area contributed by atoms with Crippen molar-refractivity contribution in [1.29, 1.82) is 0 Å². The second-order valence-electron chi connectivity index (χ2n) is 9.14. The lowest BCUT2D eigenvalue weighted by Gasteiger charge is -2.35. The van der Waals surface area contributed by atoms with Gasteiger partial charge in [0.25, 0.3) is 5.91 Å². The first-order valence-corrected chi connectivity index (χ1v) is 13.0. The number of hydrogen-bond acceptors (Lipinski definition) is 7. The Morgan fingerprint density at radius 2 is 2.06 bits per heavy atom. The van der Waals surface area contributed by atoms with Gasteiger partial charge in [0.05, 0.1) is 22.0 Å². The molecule has 0 spiro atoms. The number of aryl methyl sites for hydroxylation is 1. The predicted octanol–water partition coefficient (Wildman–Crippen LogP) is 3.64. The van der Waals surface area contributed by atoms with Gasteiger partial charge in [-0.25, -0.2) is 4.98 Å². The van der Waals surface area contributed by atoms with Crippen LogP contribution in [0.1, 0.15) is 44.0 Å². The number of pyridine rings is 2. The number of nitrogens with zero attached hydrogens (tertiary/aromatic N) is 2. The predicted molar refractivity (Wildman–Crippen MR) is 137 cm³/mol. The Morgan fingerprint density at radius 1 is 1.23 bits per heavy atom. The maximum Gasteiger partial charge on any atom is 0.256 e. The number of anilines is 2. The summed E-state index contributed by atoms with van der Waals surface area (Å²) in [4.78, 5) is 34.8. The molecule has 0 atom stereocenters. The second kappa shape index (κ2) is 9.93. The fourth-order valence-electron chi connectivity index (χ4n) is 4.79. The van der Waals surface area contributed by atoms with E-state index >= 15 is 0 Å². The fourth-order valence-corrected chi connectivity index (χ4v) is 5.55. The molecule has 2 amide bonds. The van der Waals surface area contributed by atoms with Crippen LogP contribution in [0, 0.1) is 0 Å². The van der Waals surface area contributed by atoms with E-state index < -0.39 is 5.60 Å². The minimum Gasteiger partial charge on any atom is -0.380 e. The van der Waals surface area contributed by atoms with Crippen LogP contribution in [0.3, 0.4) is 0 Å². The van der Waals surface area contributed by atoms with E-state index in [9.17, 15) is 14.7 Å². The molecule has 4 N–H and O–H groups in total. The van der Waals surface area contributed by atoms with Crippen LogP contribution in [0.15, 0.2) is 47.5 Å². The van der Waals surface area contributed by atoms with Gasteiger partial charge in [0.1, 0.15) is 11.4 Å². The molecule has 2 aliphatic rings. The Labute approximate surface area is 208 Å². The molecule has 1 aromatic carbocycles. The Bertz CT molecular complexity index is 1270. The van der Waals surface area contributed by atoms with E-state index in [1.165, 1.54) is 11.8 Å². The van der Waals surface area contributed by atoms with Crippen molar-refractivity contribution in [3.05, 3.63) is 54.0 Å². The van der Waals surface area contributed by atoms with Crippen molar-refractivity contribution < 1.29 is 14.7 Å². The van der Waals surface area contributed by atoms with Crippen LogP contribution in [0.4, 0.5) is 11.5 Å². The van der Waals surface area contributed by atoms with Gasteiger partial charge in [-0.1, -0.05) is 19.1 Å². The van der Waals surface area contributed by atoms with Crippen LogP contribution >= 0.6 is 11.8 Å². The zero-order chi connectivity index (χ0) is 24.4. The lowest BCUT2D eigenvalue weighted by molar-refractivity contribution is -0.137. The molecule has 3 heterocycles. The number of aliphatic hydroxyl groups is 1. The van der Waals surface area contributed by atoms with Crippen molar-refractivity contribution in [3.8, 4) is 0 Å². The Morgan fingerprint density at radius 3 is 2.86 bits per heavy atom. The number of thioether (sulfide) groups is 1. The maximum absolute atomic E-state index is 13.1.